The van der Waals surface area contributed by atoms with Gasteiger partial charge in [0.05, 0.1) is 12.5 Å². The Morgan fingerprint density at radius 3 is 2.57 bits per heavy atom. The van der Waals surface area contributed by atoms with Gasteiger partial charge in [-0.05, 0) is 27.4 Å². The predicted octanol–water partition coefficient (Wildman–Crippen LogP) is 2.97. The molecule has 2 nitrogen and oxygen atoms in total. The quantitative estimate of drug-likeness (QED) is 0.663. The molecule has 14 heavy (non-hydrogen) atoms. The Morgan fingerprint density at radius 2 is 2.21 bits per heavy atom. The highest BCUT2D eigenvalue weighted by Gasteiger charge is 2.33. The van der Waals surface area contributed by atoms with E-state index in [1.165, 1.54) is 11.3 Å². The van der Waals surface area contributed by atoms with Crippen LogP contribution >= 0.6 is 27.3 Å². The third-order valence-electron chi connectivity index (χ3n) is 1.60. The number of alkyl halides is 3. The largest absolute Gasteiger partial charge is 0.391 e. The predicted molar refractivity (Wildman–Crippen MR) is 52.8 cm³/mol. The van der Waals surface area contributed by atoms with Crippen LogP contribution in [0.1, 0.15) is 17.3 Å². The zero-order valence-electron chi connectivity index (χ0n) is 6.94. The van der Waals surface area contributed by atoms with Crippen LogP contribution in [0.15, 0.2) is 15.9 Å². The van der Waals surface area contributed by atoms with Crippen LogP contribution in [-0.4, -0.2) is 6.18 Å². The smallest absolute Gasteiger partial charge is 0.271 e. The van der Waals surface area contributed by atoms with Crippen molar-refractivity contribution in [3.63, 3.8) is 0 Å². The van der Waals surface area contributed by atoms with E-state index in [0.29, 0.717) is 9.35 Å². The second kappa shape index (κ2) is 4.61. The molecule has 0 aliphatic carbocycles. The van der Waals surface area contributed by atoms with Gasteiger partial charge in [0.1, 0.15) is 0 Å². The Balaban J connectivity index is 2.78. The molecule has 0 bridgehead atoms. The van der Waals surface area contributed by atoms with Gasteiger partial charge in [-0.2, -0.15) is 13.2 Å². The monoisotopic (exact) mass is 288 g/mol. The topological polar surface area (TPSA) is 38.0 Å². The first-order chi connectivity index (χ1) is 6.44. The SMILES string of the molecule is NNC(CC(F)(F)F)c1sccc1Br. The van der Waals surface area contributed by atoms with Crippen molar-refractivity contribution in [1.29, 1.82) is 0 Å². The molecule has 3 N–H and O–H groups in total. The zero-order valence-corrected chi connectivity index (χ0v) is 9.34. The summed E-state index contributed by atoms with van der Waals surface area (Å²) in [5, 5.41) is 1.71. The van der Waals surface area contributed by atoms with Crippen LogP contribution in [0.2, 0.25) is 0 Å². The first-order valence-electron chi connectivity index (χ1n) is 3.70. The average Bonchev–Trinajstić information content (AvgIpc) is 2.45. The van der Waals surface area contributed by atoms with Crippen LogP contribution in [0.25, 0.3) is 0 Å². The second-order valence-electron chi connectivity index (χ2n) is 2.67. The molecule has 1 aromatic heterocycles. The van der Waals surface area contributed by atoms with Gasteiger partial charge >= 0.3 is 6.18 Å². The Bertz CT molecular complexity index is 299. The maximum Gasteiger partial charge on any atom is 0.391 e. The molecule has 1 aromatic rings. The summed E-state index contributed by atoms with van der Waals surface area (Å²) >= 11 is 4.40. The van der Waals surface area contributed by atoms with Gasteiger partial charge in [-0.3, -0.25) is 11.3 Å². The van der Waals surface area contributed by atoms with Crippen LogP contribution in [0.5, 0.6) is 0 Å². The van der Waals surface area contributed by atoms with Crippen LogP contribution in [0.3, 0.4) is 0 Å². The Morgan fingerprint density at radius 1 is 1.57 bits per heavy atom. The number of nitrogens with two attached hydrogens (primary N) is 1. The van der Waals surface area contributed by atoms with Gasteiger partial charge in [0.2, 0.25) is 0 Å². The van der Waals surface area contributed by atoms with Gasteiger partial charge in [0.15, 0.2) is 0 Å². The van der Waals surface area contributed by atoms with E-state index in [-0.39, 0.29) is 0 Å². The van der Waals surface area contributed by atoms with Crippen molar-refractivity contribution in [3.8, 4) is 0 Å². The number of hydrogen-bond acceptors (Lipinski definition) is 3. The summed E-state index contributed by atoms with van der Waals surface area (Å²) in [6.07, 6.45) is -5.19. The summed E-state index contributed by atoms with van der Waals surface area (Å²) in [6, 6.07) is 0.810. The van der Waals surface area contributed by atoms with E-state index >= 15 is 0 Å². The lowest BCUT2D eigenvalue weighted by molar-refractivity contribution is -0.140. The molecule has 1 unspecified atom stereocenters. The van der Waals surface area contributed by atoms with Gasteiger partial charge in [-0.15, -0.1) is 11.3 Å². The van der Waals surface area contributed by atoms with Crippen molar-refractivity contribution in [2.45, 2.75) is 18.6 Å². The molecule has 0 fully saturated rings. The van der Waals surface area contributed by atoms with Crippen LogP contribution in [-0.2, 0) is 0 Å². The first kappa shape index (κ1) is 12.0. The summed E-state index contributed by atoms with van der Waals surface area (Å²) in [6.45, 7) is 0. The molecule has 0 amide bonds. The molecule has 80 valence electrons. The highest BCUT2D eigenvalue weighted by molar-refractivity contribution is 9.10. The van der Waals surface area contributed by atoms with Gasteiger partial charge in [0.25, 0.3) is 0 Å². The molecule has 0 radical (unpaired) electrons. The molecule has 0 spiro atoms. The number of hydrogen-bond donors (Lipinski definition) is 2. The second-order valence-corrected chi connectivity index (χ2v) is 4.47. The molecule has 0 aliphatic heterocycles. The van der Waals surface area contributed by atoms with Crippen LogP contribution in [0, 0.1) is 0 Å². The highest BCUT2D eigenvalue weighted by Crippen LogP contribution is 2.35. The van der Waals surface area contributed by atoms with Crippen molar-refractivity contribution in [1.82, 2.24) is 5.43 Å². The molecule has 7 heteroatoms. The number of thiophene rings is 1. The Hall–Kier alpha value is -0.110. The van der Waals surface area contributed by atoms with E-state index in [4.69, 9.17) is 5.84 Å². The number of hydrazine groups is 1. The lowest BCUT2D eigenvalue weighted by atomic mass is 10.2. The minimum atomic E-state index is -4.22. The van der Waals surface area contributed by atoms with Crippen molar-refractivity contribution >= 4 is 27.3 Å². The third-order valence-corrected chi connectivity index (χ3v) is 3.58. The van der Waals surface area contributed by atoms with Gasteiger partial charge < -0.3 is 0 Å². The van der Waals surface area contributed by atoms with Gasteiger partial charge in [-0.1, -0.05) is 0 Å². The van der Waals surface area contributed by atoms with E-state index in [0.717, 1.165) is 0 Å². The molecule has 0 aromatic carbocycles. The maximum absolute atomic E-state index is 12.1. The Labute approximate surface area is 91.4 Å². The normalized spacial score (nSPS) is 14.4. The fourth-order valence-corrected chi connectivity index (χ4v) is 2.72. The highest BCUT2D eigenvalue weighted by atomic mass is 79.9. The van der Waals surface area contributed by atoms with Crippen molar-refractivity contribution in [3.05, 3.63) is 20.8 Å². The first-order valence-corrected chi connectivity index (χ1v) is 5.37. The average molecular weight is 289 g/mol. The standard InChI is InChI=1S/C7H8BrF3N2S/c8-4-1-2-14-6(4)5(13-12)3-7(9,10)11/h1-2,5,13H,3,12H2. The number of nitrogens with one attached hydrogen (secondary N) is 1. The van der Waals surface area contributed by atoms with E-state index in [1.54, 1.807) is 11.4 Å². The minimum Gasteiger partial charge on any atom is -0.271 e. The maximum atomic E-state index is 12.1. The summed E-state index contributed by atoms with van der Waals surface area (Å²) in [4.78, 5) is 0.560. The number of halogens is 4. The molecule has 1 atom stereocenters. The van der Waals surface area contributed by atoms with E-state index < -0.39 is 18.6 Å². The van der Waals surface area contributed by atoms with Gasteiger partial charge in [0, 0.05) is 9.35 Å². The van der Waals surface area contributed by atoms with E-state index in [1.807, 2.05) is 0 Å². The summed E-state index contributed by atoms with van der Waals surface area (Å²) in [7, 11) is 0. The third kappa shape index (κ3) is 3.23. The lowest BCUT2D eigenvalue weighted by Crippen LogP contribution is -2.31. The number of rotatable bonds is 3. The van der Waals surface area contributed by atoms with Crippen LogP contribution < -0.4 is 11.3 Å². The van der Waals surface area contributed by atoms with Crippen LogP contribution in [0.4, 0.5) is 13.2 Å². The Kier molecular flexibility index (Phi) is 3.94. The molecule has 0 aliphatic rings. The molecule has 1 heterocycles. The molecule has 0 saturated heterocycles. The minimum absolute atomic E-state index is 0.560. The lowest BCUT2D eigenvalue weighted by Gasteiger charge is -2.16. The molecular formula is C7H8BrF3N2S. The van der Waals surface area contributed by atoms with Gasteiger partial charge in [-0.25, -0.2) is 0 Å². The van der Waals surface area contributed by atoms with E-state index in [2.05, 4.69) is 21.4 Å². The molecular weight excluding hydrogens is 281 g/mol. The molecule has 0 saturated carbocycles. The van der Waals surface area contributed by atoms with E-state index in [9.17, 15) is 13.2 Å². The molecule has 1 rings (SSSR count). The summed E-state index contributed by atoms with van der Waals surface area (Å²) in [5.74, 6) is 5.08. The van der Waals surface area contributed by atoms with Crippen molar-refractivity contribution < 1.29 is 13.2 Å². The van der Waals surface area contributed by atoms with Crippen molar-refractivity contribution in [2.75, 3.05) is 0 Å². The summed E-state index contributed by atoms with van der Waals surface area (Å²) < 4.78 is 37.0. The fraction of sp³-hybridized carbons (Fsp3) is 0.429. The summed E-state index contributed by atoms with van der Waals surface area (Å²) in [5.41, 5.74) is 2.16. The van der Waals surface area contributed by atoms with Crippen molar-refractivity contribution in [2.24, 2.45) is 5.84 Å². The fourth-order valence-electron chi connectivity index (χ4n) is 1.01. The zero-order chi connectivity index (χ0) is 10.8.